The second kappa shape index (κ2) is 7.77. The Bertz CT molecular complexity index is 1840. The Morgan fingerprint density at radius 2 is 1.56 bits per heavy atom. The summed E-state index contributed by atoms with van der Waals surface area (Å²) >= 11 is 0. The molecule has 2 aromatic heterocycles. The van der Waals surface area contributed by atoms with E-state index >= 15 is 0 Å². The zero-order valence-electron chi connectivity index (χ0n) is 19.4. The van der Waals surface area contributed by atoms with Gasteiger partial charge in [0.25, 0.3) is 0 Å². The standard InChI is InChI=1S/C31H21N5/c32-18-20-12-14-28-24(16-20)25-17-21(19-33)13-15-29(25)36(28)31-11-5-10-30(34-31)35-26-8-3-1-6-22(26)23-7-2-4-9-27(23)35/h1-12,14,16-17,31,34H,13,15H2. The molecule has 1 unspecified atom stereocenters. The van der Waals surface area contributed by atoms with Gasteiger partial charge in [-0.05, 0) is 61.4 Å². The van der Waals surface area contributed by atoms with Crippen LogP contribution >= 0.6 is 0 Å². The first-order valence-electron chi connectivity index (χ1n) is 12.1. The zero-order chi connectivity index (χ0) is 24.2. The second-order valence-electron chi connectivity index (χ2n) is 9.25. The number of rotatable bonds is 2. The molecule has 3 aromatic carbocycles. The van der Waals surface area contributed by atoms with E-state index in [0.29, 0.717) is 5.56 Å². The molecule has 0 spiro atoms. The minimum Gasteiger partial charge on any atom is -0.347 e. The lowest BCUT2D eigenvalue weighted by molar-refractivity contribution is 0.540. The molecule has 1 atom stereocenters. The molecular weight excluding hydrogens is 442 g/mol. The van der Waals surface area contributed by atoms with E-state index in [1.54, 1.807) is 0 Å². The summed E-state index contributed by atoms with van der Waals surface area (Å²) in [4.78, 5) is 0. The number of hydrogen-bond donors (Lipinski definition) is 1. The Kier molecular flexibility index (Phi) is 4.40. The molecule has 0 bridgehead atoms. The van der Waals surface area contributed by atoms with Crippen LogP contribution < -0.4 is 5.32 Å². The molecule has 1 aliphatic carbocycles. The van der Waals surface area contributed by atoms with Crippen LogP contribution in [0.1, 0.15) is 29.4 Å². The van der Waals surface area contributed by atoms with Crippen LogP contribution in [0.5, 0.6) is 0 Å². The Morgan fingerprint density at radius 1 is 0.806 bits per heavy atom. The molecule has 1 aliphatic heterocycles. The third kappa shape index (κ3) is 2.87. The lowest BCUT2D eigenvalue weighted by Crippen LogP contribution is -2.29. The number of nitrogens with one attached hydrogen (secondary N) is 1. The summed E-state index contributed by atoms with van der Waals surface area (Å²) < 4.78 is 4.62. The topological polar surface area (TPSA) is 69.5 Å². The Labute approximate surface area is 208 Å². The Hall–Kier alpha value is -5.00. The van der Waals surface area contributed by atoms with Gasteiger partial charge in [0.15, 0.2) is 0 Å². The summed E-state index contributed by atoms with van der Waals surface area (Å²) in [5, 5.41) is 26.3. The fourth-order valence-corrected chi connectivity index (χ4v) is 5.76. The van der Waals surface area contributed by atoms with Crippen molar-refractivity contribution in [3.8, 4) is 12.1 Å². The Morgan fingerprint density at radius 3 is 2.28 bits per heavy atom. The van der Waals surface area contributed by atoms with Crippen LogP contribution in [0, 0.1) is 22.7 Å². The fourth-order valence-electron chi connectivity index (χ4n) is 5.76. The maximum absolute atomic E-state index is 9.55. The molecule has 170 valence electrons. The zero-order valence-corrected chi connectivity index (χ0v) is 19.4. The summed E-state index contributed by atoms with van der Waals surface area (Å²) in [5.41, 5.74) is 7.01. The number of aromatic nitrogens is 2. The molecule has 1 N–H and O–H groups in total. The van der Waals surface area contributed by atoms with E-state index in [4.69, 9.17) is 0 Å². The van der Waals surface area contributed by atoms with Gasteiger partial charge in [-0.15, -0.1) is 0 Å². The SMILES string of the molecule is N#CC1=Cc2c(n(C3C=CC=C(n4c5ccccc5c5ccccc54)N3)c3ccc(C#N)cc23)CC1. The van der Waals surface area contributed by atoms with E-state index < -0.39 is 0 Å². The lowest BCUT2D eigenvalue weighted by Gasteiger charge is -2.28. The molecular formula is C31H21N5. The first-order chi connectivity index (χ1) is 17.8. The smallest absolute Gasteiger partial charge is 0.124 e. The van der Waals surface area contributed by atoms with Crippen molar-refractivity contribution in [2.45, 2.75) is 19.0 Å². The number of nitrogens with zero attached hydrogens (tertiary/aromatic N) is 4. The number of fused-ring (bicyclic) bond motifs is 6. The second-order valence-corrected chi connectivity index (χ2v) is 9.25. The van der Waals surface area contributed by atoms with Gasteiger partial charge in [0.1, 0.15) is 12.0 Å². The fraction of sp³-hybridized carbons (Fsp3) is 0.0968. The molecule has 5 heteroatoms. The molecule has 0 saturated heterocycles. The molecule has 0 saturated carbocycles. The predicted octanol–water partition coefficient (Wildman–Crippen LogP) is 6.63. The summed E-state index contributed by atoms with van der Waals surface area (Å²) in [6, 6.07) is 27.4. The van der Waals surface area contributed by atoms with Crippen molar-refractivity contribution in [3.05, 3.63) is 107 Å². The van der Waals surface area contributed by atoms with Crippen molar-refractivity contribution in [2.75, 3.05) is 0 Å². The predicted molar refractivity (Wildman–Crippen MR) is 144 cm³/mol. The third-order valence-corrected chi connectivity index (χ3v) is 7.31. The number of hydrogen-bond acceptors (Lipinski definition) is 3. The van der Waals surface area contributed by atoms with Crippen LogP contribution in [-0.2, 0) is 6.42 Å². The molecule has 0 amide bonds. The van der Waals surface area contributed by atoms with Crippen LogP contribution in [0.25, 0.3) is 44.6 Å². The molecule has 0 fully saturated rings. The van der Waals surface area contributed by atoms with Crippen LogP contribution in [0.2, 0.25) is 0 Å². The van der Waals surface area contributed by atoms with Crippen LogP contribution in [-0.4, -0.2) is 9.13 Å². The summed E-state index contributed by atoms with van der Waals surface area (Å²) in [7, 11) is 0. The number of nitriles is 2. The number of dihydropyridines is 1. The first kappa shape index (κ1) is 20.4. The van der Waals surface area contributed by atoms with Crippen molar-refractivity contribution < 1.29 is 0 Å². The number of para-hydroxylation sites is 2. The van der Waals surface area contributed by atoms with Gasteiger partial charge in [-0.25, -0.2) is 0 Å². The van der Waals surface area contributed by atoms with Gasteiger partial charge >= 0.3 is 0 Å². The molecule has 3 heterocycles. The largest absolute Gasteiger partial charge is 0.347 e. The highest BCUT2D eigenvalue weighted by atomic mass is 15.3. The summed E-state index contributed by atoms with van der Waals surface area (Å²) in [6.45, 7) is 0. The average molecular weight is 464 g/mol. The summed E-state index contributed by atoms with van der Waals surface area (Å²) in [5.74, 6) is 1.01. The van der Waals surface area contributed by atoms with E-state index in [0.717, 1.165) is 51.7 Å². The van der Waals surface area contributed by atoms with Gasteiger partial charge in [0, 0.05) is 33.0 Å². The third-order valence-electron chi connectivity index (χ3n) is 7.31. The first-order valence-corrected chi connectivity index (χ1v) is 12.1. The van der Waals surface area contributed by atoms with E-state index in [2.05, 4.69) is 93.3 Å². The van der Waals surface area contributed by atoms with Gasteiger partial charge < -0.3 is 9.88 Å². The van der Waals surface area contributed by atoms with Gasteiger partial charge in [-0.1, -0.05) is 42.5 Å². The molecule has 0 radical (unpaired) electrons. The molecule has 2 aliphatic rings. The highest BCUT2D eigenvalue weighted by Crippen LogP contribution is 2.38. The normalized spacial score (nSPS) is 16.8. The molecule has 5 nitrogen and oxygen atoms in total. The summed E-state index contributed by atoms with van der Waals surface area (Å²) in [6.07, 6.45) is 9.79. The molecule has 36 heavy (non-hydrogen) atoms. The Balaban J connectivity index is 1.40. The van der Waals surface area contributed by atoms with Crippen molar-refractivity contribution in [3.63, 3.8) is 0 Å². The van der Waals surface area contributed by atoms with Crippen LogP contribution in [0.15, 0.2) is 90.5 Å². The van der Waals surface area contributed by atoms with Gasteiger partial charge in [0.05, 0.1) is 34.3 Å². The highest BCUT2D eigenvalue weighted by Gasteiger charge is 2.26. The highest BCUT2D eigenvalue weighted by molar-refractivity contribution is 6.10. The minimum absolute atomic E-state index is 0.110. The van der Waals surface area contributed by atoms with Crippen molar-refractivity contribution >= 4 is 44.6 Å². The quantitative estimate of drug-likeness (QED) is 0.319. The lowest BCUT2D eigenvalue weighted by atomic mass is 9.96. The van der Waals surface area contributed by atoms with Gasteiger partial charge in [0.2, 0.25) is 0 Å². The van der Waals surface area contributed by atoms with Crippen molar-refractivity contribution in [2.24, 2.45) is 0 Å². The number of allylic oxidation sites excluding steroid dienone is 3. The van der Waals surface area contributed by atoms with E-state index in [9.17, 15) is 10.5 Å². The van der Waals surface area contributed by atoms with E-state index in [1.807, 2.05) is 24.3 Å². The van der Waals surface area contributed by atoms with Gasteiger partial charge in [-0.3, -0.25) is 4.57 Å². The maximum atomic E-state index is 9.55. The van der Waals surface area contributed by atoms with Crippen molar-refractivity contribution in [1.29, 1.82) is 10.5 Å². The molecule has 7 rings (SSSR count). The van der Waals surface area contributed by atoms with Crippen LogP contribution in [0.3, 0.4) is 0 Å². The maximum Gasteiger partial charge on any atom is 0.124 e. The minimum atomic E-state index is -0.110. The molecule has 5 aromatic rings. The average Bonchev–Trinajstić information content (AvgIpc) is 3.45. The van der Waals surface area contributed by atoms with E-state index in [1.165, 1.54) is 16.5 Å². The van der Waals surface area contributed by atoms with Crippen LogP contribution in [0.4, 0.5) is 0 Å². The van der Waals surface area contributed by atoms with E-state index in [-0.39, 0.29) is 6.17 Å². The number of benzene rings is 3. The van der Waals surface area contributed by atoms with Crippen molar-refractivity contribution in [1.82, 2.24) is 14.5 Å². The van der Waals surface area contributed by atoms with Gasteiger partial charge in [-0.2, -0.15) is 10.5 Å². The monoisotopic (exact) mass is 463 g/mol.